The van der Waals surface area contributed by atoms with E-state index in [-0.39, 0.29) is 19.3 Å². The second-order valence-electron chi connectivity index (χ2n) is 4.75. The van der Waals surface area contributed by atoms with E-state index in [0.29, 0.717) is 19.1 Å². The molecule has 1 unspecified atom stereocenters. The minimum absolute atomic E-state index is 0.00891. The van der Waals surface area contributed by atoms with Crippen molar-refractivity contribution in [2.45, 2.75) is 31.3 Å². The summed E-state index contributed by atoms with van der Waals surface area (Å²) >= 11 is 0. The Labute approximate surface area is 108 Å². The van der Waals surface area contributed by atoms with E-state index in [1.165, 1.54) is 12.8 Å². The first kappa shape index (κ1) is 13.3. The molecular formula is C14H21NO3. The van der Waals surface area contributed by atoms with Crippen molar-refractivity contribution in [3.05, 3.63) is 29.8 Å². The normalized spacial score (nSPS) is 16.6. The fourth-order valence-electron chi connectivity index (χ4n) is 1.82. The van der Waals surface area contributed by atoms with Crippen molar-refractivity contribution in [3.63, 3.8) is 0 Å². The van der Waals surface area contributed by atoms with E-state index >= 15 is 0 Å². The Morgan fingerprint density at radius 3 is 2.50 bits per heavy atom. The molecule has 0 aliphatic heterocycles. The highest BCUT2D eigenvalue weighted by molar-refractivity contribution is 5.27. The van der Waals surface area contributed by atoms with Gasteiger partial charge in [-0.25, -0.2) is 0 Å². The van der Waals surface area contributed by atoms with Crippen LogP contribution in [-0.4, -0.2) is 42.1 Å². The van der Waals surface area contributed by atoms with Crippen molar-refractivity contribution < 1.29 is 14.9 Å². The summed E-state index contributed by atoms with van der Waals surface area (Å²) < 4.78 is 5.64. The Hall–Kier alpha value is -1.10. The summed E-state index contributed by atoms with van der Waals surface area (Å²) in [5, 5.41) is 21.4. The van der Waals surface area contributed by atoms with Gasteiger partial charge in [0.25, 0.3) is 0 Å². The van der Waals surface area contributed by atoms with Gasteiger partial charge in [0.15, 0.2) is 0 Å². The van der Waals surface area contributed by atoms with Crippen molar-refractivity contribution >= 4 is 0 Å². The van der Waals surface area contributed by atoms with Gasteiger partial charge in [-0.05, 0) is 37.0 Å². The molecule has 1 aromatic carbocycles. The van der Waals surface area contributed by atoms with Gasteiger partial charge < -0.3 is 20.3 Å². The first-order valence-electron chi connectivity index (χ1n) is 6.51. The fourth-order valence-corrected chi connectivity index (χ4v) is 1.82. The molecule has 0 saturated heterocycles. The van der Waals surface area contributed by atoms with E-state index in [0.717, 1.165) is 11.3 Å². The molecule has 0 heterocycles. The second kappa shape index (κ2) is 6.73. The summed E-state index contributed by atoms with van der Waals surface area (Å²) in [7, 11) is 0. The van der Waals surface area contributed by atoms with Crippen LogP contribution in [-0.2, 0) is 6.42 Å². The van der Waals surface area contributed by atoms with Gasteiger partial charge in [0.05, 0.1) is 12.6 Å². The average Bonchev–Trinajstić information content (AvgIpc) is 3.20. The molecule has 100 valence electrons. The molecular weight excluding hydrogens is 230 g/mol. The van der Waals surface area contributed by atoms with Crippen LogP contribution in [0.25, 0.3) is 0 Å². The molecule has 0 bridgehead atoms. The highest BCUT2D eigenvalue weighted by Crippen LogP contribution is 2.19. The molecule has 1 atom stereocenters. The fraction of sp³-hybridized carbons (Fsp3) is 0.571. The van der Waals surface area contributed by atoms with E-state index in [1.807, 2.05) is 24.3 Å². The van der Waals surface area contributed by atoms with Gasteiger partial charge in [0, 0.05) is 12.6 Å². The topological polar surface area (TPSA) is 61.7 Å². The van der Waals surface area contributed by atoms with E-state index in [9.17, 15) is 5.11 Å². The van der Waals surface area contributed by atoms with Gasteiger partial charge in [-0.15, -0.1) is 0 Å². The van der Waals surface area contributed by atoms with Crippen LogP contribution in [0, 0.1) is 0 Å². The van der Waals surface area contributed by atoms with Gasteiger partial charge in [-0.1, -0.05) is 12.1 Å². The Kier molecular flexibility index (Phi) is 4.99. The lowest BCUT2D eigenvalue weighted by molar-refractivity contribution is 0.182. The van der Waals surface area contributed by atoms with Crippen LogP contribution in [0.5, 0.6) is 5.75 Å². The van der Waals surface area contributed by atoms with E-state index in [2.05, 4.69) is 5.32 Å². The number of ether oxygens (including phenoxy) is 1. The maximum absolute atomic E-state index is 9.22. The zero-order chi connectivity index (χ0) is 12.8. The van der Waals surface area contributed by atoms with Crippen LogP contribution in [0.3, 0.4) is 0 Å². The van der Waals surface area contributed by atoms with Crippen molar-refractivity contribution in [3.8, 4) is 5.75 Å². The number of aliphatic hydroxyl groups excluding tert-OH is 2. The van der Waals surface area contributed by atoms with Crippen LogP contribution in [0.2, 0.25) is 0 Å². The lowest BCUT2D eigenvalue weighted by atomic mass is 10.1. The van der Waals surface area contributed by atoms with E-state index in [4.69, 9.17) is 9.84 Å². The maximum Gasteiger partial charge on any atom is 0.119 e. The molecule has 0 radical (unpaired) electrons. The molecule has 0 amide bonds. The Morgan fingerprint density at radius 1 is 1.22 bits per heavy atom. The first-order chi connectivity index (χ1) is 8.81. The Bertz CT molecular complexity index is 349. The smallest absolute Gasteiger partial charge is 0.119 e. The zero-order valence-electron chi connectivity index (χ0n) is 10.5. The summed E-state index contributed by atoms with van der Waals surface area (Å²) in [6.07, 6.45) is 3.07. The first-order valence-corrected chi connectivity index (χ1v) is 6.51. The molecule has 3 N–H and O–H groups in total. The minimum Gasteiger partial charge on any atom is -0.492 e. The number of aliphatic hydroxyl groups is 2. The zero-order valence-corrected chi connectivity index (χ0v) is 10.5. The molecule has 4 nitrogen and oxygen atoms in total. The number of nitrogens with one attached hydrogen (secondary N) is 1. The standard InChI is InChI=1S/C14H21NO3/c16-8-7-11-1-5-14(6-2-11)18-10-13(9-17)15-12-3-4-12/h1-2,5-6,12-13,15-17H,3-4,7-10H2. The lowest BCUT2D eigenvalue weighted by Gasteiger charge is -2.16. The molecule has 4 heteroatoms. The van der Waals surface area contributed by atoms with Crippen molar-refractivity contribution in [1.29, 1.82) is 0 Å². The number of rotatable bonds is 8. The average molecular weight is 251 g/mol. The molecule has 1 aromatic rings. The number of benzene rings is 1. The highest BCUT2D eigenvalue weighted by Gasteiger charge is 2.24. The number of hydrogen-bond donors (Lipinski definition) is 3. The van der Waals surface area contributed by atoms with Crippen molar-refractivity contribution in [2.24, 2.45) is 0 Å². The van der Waals surface area contributed by atoms with E-state index in [1.54, 1.807) is 0 Å². The lowest BCUT2D eigenvalue weighted by Crippen LogP contribution is -2.39. The second-order valence-corrected chi connectivity index (χ2v) is 4.75. The Morgan fingerprint density at radius 2 is 1.94 bits per heavy atom. The minimum atomic E-state index is 0.00891. The predicted octanol–water partition coefficient (Wildman–Crippen LogP) is 0.713. The van der Waals surface area contributed by atoms with Crippen molar-refractivity contribution in [1.82, 2.24) is 5.32 Å². The van der Waals surface area contributed by atoms with Gasteiger partial charge in [0.2, 0.25) is 0 Å². The van der Waals surface area contributed by atoms with Crippen LogP contribution in [0.4, 0.5) is 0 Å². The molecule has 0 aromatic heterocycles. The summed E-state index contributed by atoms with van der Waals surface area (Å²) in [5.74, 6) is 0.799. The Balaban J connectivity index is 1.77. The van der Waals surface area contributed by atoms with Crippen LogP contribution >= 0.6 is 0 Å². The van der Waals surface area contributed by atoms with Gasteiger partial charge in [-0.3, -0.25) is 0 Å². The van der Waals surface area contributed by atoms with Gasteiger partial charge in [0.1, 0.15) is 12.4 Å². The third-order valence-corrected chi connectivity index (χ3v) is 3.04. The highest BCUT2D eigenvalue weighted by atomic mass is 16.5. The quantitative estimate of drug-likeness (QED) is 0.637. The third kappa shape index (κ3) is 4.29. The van der Waals surface area contributed by atoms with Crippen LogP contribution in [0.15, 0.2) is 24.3 Å². The van der Waals surface area contributed by atoms with E-state index < -0.39 is 0 Å². The van der Waals surface area contributed by atoms with Gasteiger partial charge in [-0.2, -0.15) is 0 Å². The SMILES string of the molecule is OCCc1ccc(OCC(CO)NC2CC2)cc1. The molecule has 1 fully saturated rings. The third-order valence-electron chi connectivity index (χ3n) is 3.04. The van der Waals surface area contributed by atoms with Crippen molar-refractivity contribution in [2.75, 3.05) is 19.8 Å². The molecule has 1 saturated carbocycles. The largest absolute Gasteiger partial charge is 0.492 e. The molecule has 0 spiro atoms. The summed E-state index contributed by atoms with van der Waals surface area (Å²) in [6.45, 7) is 0.740. The number of hydrogen-bond acceptors (Lipinski definition) is 4. The van der Waals surface area contributed by atoms with Crippen LogP contribution in [0.1, 0.15) is 18.4 Å². The molecule has 1 aliphatic carbocycles. The maximum atomic E-state index is 9.22. The molecule has 1 aliphatic rings. The summed E-state index contributed by atoms with van der Waals surface area (Å²) in [5.41, 5.74) is 1.10. The molecule has 2 rings (SSSR count). The molecule has 18 heavy (non-hydrogen) atoms. The summed E-state index contributed by atoms with van der Waals surface area (Å²) in [4.78, 5) is 0. The summed E-state index contributed by atoms with van der Waals surface area (Å²) in [6, 6.07) is 8.28. The van der Waals surface area contributed by atoms with Crippen LogP contribution < -0.4 is 10.1 Å². The monoisotopic (exact) mass is 251 g/mol. The van der Waals surface area contributed by atoms with Gasteiger partial charge >= 0.3 is 0 Å². The predicted molar refractivity (Wildman–Crippen MR) is 69.8 cm³/mol.